The molecule has 2 fully saturated rings. The van der Waals surface area contributed by atoms with Gasteiger partial charge in [-0.15, -0.1) is 0 Å². The predicted octanol–water partition coefficient (Wildman–Crippen LogP) is 3.01. The maximum Gasteiger partial charge on any atom is 0.253 e. The summed E-state index contributed by atoms with van der Waals surface area (Å²) in [6, 6.07) is 7.71. The normalized spacial score (nSPS) is 18.2. The fourth-order valence-corrected chi connectivity index (χ4v) is 4.03. The average Bonchev–Trinajstić information content (AvgIpc) is 3.19. The molecule has 2 aliphatic rings. The van der Waals surface area contributed by atoms with Gasteiger partial charge in [-0.3, -0.25) is 9.59 Å². The minimum Gasteiger partial charge on any atom is -0.378 e. The summed E-state index contributed by atoms with van der Waals surface area (Å²) in [4.78, 5) is 30.9. The molecule has 1 saturated heterocycles. The number of amides is 2. The Kier molecular flexibility index (Phi) is 6.17. The third-order valence-electron chi connectivity index (χ3n) is 5.79. The van der Waals surface area contributed by atoms with Gasteiger partial charge in [0.05, 0.1) is 0 Å². The van der Waals surface area contributed by atoms with Crippen LogP contribution < -0.4 is 4.90 Å². The maximum atomic E-state index is 12.7. The second kappa shape index (κ2) is 8.56. The first-order chi connectivity index (χ1) is 12.5. The number of hydrogen-bond donors (Lipinski definition) is 0. The van der Waals surface area contributed by atoms with Crippen LogP contribution in [0.25, 0.3) is 0 Å². The average molecular weight is 357 g/mol. The van der Waals surface area contributed by atoms with E-state index in [1.165, 1.54) is 25.7 Å². The Morgan fingerprint density at radius 2 is 1.54 bits per heavy atom. The van der Waals surface area contributed by atoms with Crippen LogP contribution in [0.15, 0.2) is 24.3 Å². The molecule has 5 heteroatoms. The van der Waals surface area contributed by atoms with Crippen molar-refractivity contribution in [3.8, 4) is 0 Å². The van der Waals surface area contributed by atoms with Gasteiger partial charge in [-0.2, -0.15) is 0 Å². The van der Waals surface area contributed by atoms with E-state index in [1.807, 2.05) is 53.1 Å². The Morgan fingerprint density at radius 3 is 2.12 bits per heavy atom. The molecule has 0 unspecified atom stereocenters. The van der Waals surface area contributed by atoms with E-state index >= 15 is 0 Å². The van der Waals surface area contributed by atoms with Crippen LogP contribution in [0.2, 0.25) is 0 Å². The molecule has 1 aliphatic carbocycles. The molecule has 0 atom stereocenters. The van der Waals surface area contributed by atoms with Crippen molar-refractivity contribution in [2.45, 2.75) is 38.5 Å². The van der Waals surface area contributed by atoms with Crippen molar-refractivity contribution in [2.24, 2.45) is 5.92 Å². The summed E-state index contributed by atoms with van der Waals surface area (Å²) >= 11 is 0. The summed E-state index contributed by atoms with van der Waals surface area (Å²) < 4.78 is 0. The SMILES string of the molecule is CN(C)c1ccc(C(=O)N2CCN(C(=O)CCC3CCCC3)CC2)cc1. The lowest BCUT2D eigenvalue weighted by atomic mass is 10.0. The third-order valence-corrected chi connectivity index (χ3v) is 5.79. The molecule has 3 rings (SSSR count). The van der Waals surface area contributed by atoms with Crippen LogP contribution in [-0.2, 0) is 4.79 Å². The zero-order chi connectivity index (χ0) is 18.5. The molecule has 142 valence electrons. The Hall–Kier alpha value is -2.04. The van der Waals surface area contributed by atoms with Gasteiger partial charge >= 0.3 is 0 Å². The molecular formula is C21H31N3O2. The number of rotatable bonds is 5. The smallest absolute Gasteiger partial charge is 0.253 e. The van der Waals surface area contributed by atoms with Gasteiger partial charge in [0.1, 0.15) is 0 Å². The Morgan fingerprint density at radius 1 is 0.962 bits per heavy atom. The molecule has 0 radical (unpaired) electrons. The van der Waals surface area contributed by atoms with Crippen LogP contribution in [0, 0.1) is 5.92 Å². The minimum atomic E-state index is 0.0633. The van der Waals surface area contributed by atoms with E-state index in [0.717, 1.165) is 23.6 Å². The van der Waals surface area contributed by atoms with Crippen LogP contribution in [0.1, 0.15) is 48.9 Å². The van der Waals surface area contributed by atoms with Crippen LogP contribution in [-0.4, -0.2) is 61.9 Å². The summed E-state index contributed by atoms with van der Waals surface area (Å²) in [7, 11) is 3.97. The quantitative estimate of drug-likeness (QED) is 0.814. The van der Waals surface area contributed by atoms with Crippen LogP contribution in [0.4, 0.5) is 5.69 Å². The first kappa shape index (κ1) is 18.7. The lowest BCUT2D eigenvalue weighted by molar-refractivity contribution is -0.133. The predicted molar refractivity (Wildman–Crippen MR) is 104 cm³/mol. The standard InChI is InChI=1S/C21H31N3O2/c1-22(2)19-10-8-18(9-11-19)21(26)24-15-13-23(14-16-24)20(25)12-7-17-5-3-4-6-17/h8-11,17H,3-7,12-16H2,1-2H3. The van der Waals surface area contributed by atoms with Crippen LogP contribution >= 0.6 is 0 Å². The number of carbonyl (C=O) groups excluding carboxylic acids is 2. The highest BCUT2D eigenvalue weighted by Crippen LogP contribution is 2.28. The van der Waals surface area contributed by atoms with Crippen molar-refractivity contribution < 1.29 is 9.59 Å². The first-order valence-electron chi connectivity index (χ1n) is 9.89. The highest BCUT2D eigenvalue weighted by Gasteiger charge is 2.25. The second-order valence-corrected chi connectivity index (χ2v) is 7.80. The molecule has 26 heavy (non-hydrogen) atoms. The molecule has 1 aromatic carbocycles. The number of benzene rings is 1. The lowest BCUT2D eigenvalue weighted by Crippen LogP contribution is -2.50. The molecule has 0 N–H and O–H groups in total. The Balaban J connectivity index is 1.46. The lowest BCUT2D eigenvalue weighted by Gasteiger charge is -2.35. The summed E-state index contributed by atoms with van der Waals surface area (Å²) in [6.45, 7) is 2.57. The van der Waals surface area contributed by atoms with Gasteiger partial charge in [0.25, 0.3) is 5.91 Å². The van der Waals surface area contributed by atoms with E-state index in [0.29, 0.717) is 32.6 Å². The fourth-order valence-electron chi connectivity index (χ4n) is 4.03. The molecule has 5 nitrogen and oxygen atoms in total. The van der Waals surface area contributed by atoms with E-state index in [2.05, 4.69) is 0 Å². The molecule has 0 aromatic heterocycles. The van der Waals surface area contributed by atoms with Gasteiger partial charge in [0, 0.05) is 57.9 Å². The monoisotopic (exact) mass is 357 g/mol. The van der Waals surface area contributed by atoms with E-state index < -0.39 is 0 Å². The highest BCUT2D eigenvalue weighted by molar-refractivity contribution is 5.94. The topological polar surface area (TPSA) is 43.9 Å². The maximum absolute atomic E-state index is 12.7. The van der Waals surface area contributed by atoms with Gasteiger partial charge in [0.15, 0.2) is 0 Å². The summed E-state index contributed by atoms with van der Waals surface area (Å²) in [5, 5.41) is 0. The van der Waals surface area contributed by atoms with E-state index in [1.54, 1.807) is 0 Å². The summed E-state index contributed by atoms with van der Waals surface area (Å²) in [5.41, 5.74) is 1.80. The van der Waals surface area contributed by atoms with Crippen molar-refractivity contribution in [3.63, 3.8) is 0 Å². The van der Waals surface area contributed by atoms with Crippen molar-refractivity contribution in [2.75, 3.05) is 45.2 Å². The van der Waals surface area contributed by atoms with Crippen molar-refractivity contribution >= 4 is 17.5 Å². The van der Waals surface area contributed by atoms with Crippen LogP contribution in [0.3, 0.4) is 0 Å². The molecule has 2 amide bonds. The minimum absolute atomic E-state index is 0.0633. The van der Waals surface area contributed by atoms with E-state index in [4.69, 9.17) is 0 Å². The molecule has 0 bridgehead atoms. The number of hydrogen-bond acceptors (Lipinski definition) is 3. The van der Waals surface area contributed by atoms with E-state index in [9.17, 15) is 9.59 Å². The molecular weight excluding hydrogens is 326 g/mol. The number of nitrogens with zero attached hydrogens (tertiary/aromatic N) is 3. The number of carbonyl (C=O) groups is 2. The second-order valence-electron chi connectivity index (χ2n) is 7.80. The largest absolute Gasteiger partial charge is 0.378 e. The zero-order valence-electron chi connectivity index (χ0n) is 16.1. The van der Waals surface area contributed by atoms with Gasteiger partial charge in [-0.05, 0) is 36.6 Å². The zero-order valence-corrected chi connectivity index (χ0v) is 16.1. The third kappa shape index (κ3) is 4.57. The number of anilines is 1. The fraction of sp³-hybridized carbons (Fsp3) is 0.619. The molecule has 0 spiro atoms. The van der Waals surface area contributed by atoms with Crippen molar-refractivity contribution in [1.29, 1.82) is 0 Å². The Bertz CT molecular complexity index is 613. The molecule has 1 saturated carbocycles. The van der Waals surface area contributed by atoms with E-state index in [-0.39, 0.29) is 11.8 Å². The Labute approximate surface area is 156 Å². The molecule has 1 aromatic rings. The molecule has 1 heterocycles. The van der Waals surface area contributed by atoms with Crippen LogP contribution in [0.5, 0.6) is 0 Å². The summed E-state index contributed by atoms with van der Waals surface area (Å²) in [6.07, 6.45) is 6.95. The summed E-state index contributed by atoms with van der Waals surface area (Å²) in [5.74, 6) is 1.08. The van der Waals surface area contributed by atoms with Crippen molar-refractivity contribution in [3.05, 3.63) is 29.8 Å². The van der Waals surface area contributed by atoms with Gasteiger partial charge < -0.3 is 14.7 Å². The number of piperazine rings is 1. The first-order valence-corrected chi connectivity index (χ1v) is 9.89. The molecule has 1 aliphatic heterocycles. The highest BCUT2D eigenvalue weighted by atomic mass is 16.2. The van der Waals surface area contributed by atoms with Crippen molar-refractivity contribution in [1.82, 2.24) is 9.80 Å². The van der Waals surface area contributed by atoms with Gasteiger partial charge in [-0.1, -0.05) is 25.7 Å². The van der Waals surface area contributed by atoms with Gasteiger partial charge in [-0.25, -0.2) is 0 Å². The van der Waals surface area contributed by atoms with Gasteiger partial charge in [0.2, 0.25) is 5.91 Å².